The number of halogens is 1. The van der Waals surface area contributed by atoms with Crippen LogP contribution in [0.5, 0.6) is 0 Å². The highest BCUT2D eigenvalue weighted by atomic mass is 35.5. The Kier molecular flexibility index (Phi) is 11.0. The molecule has 0 bridgehead atoms. The van der Waals surface area contributed by atoms with Crippen LogP contribution in [0.25, 0.3) is 0 Å². The van der Waals surface area contributed by atoms with Gasteiger partial charge in [-0.05, 0) is 29.5 Å². The lowest BCUT2D eigenvalue weighted by Crippen LogP contribution is -2.38. The van der Waals surface area contributed by atoms with Gasteiger partial charge in [-0.2, -0.15) is 12.6 Å². The van der Waals surface area contributed by atoms with Crippen molar-refractivity contribution in [1.29, 1.82) is 0 Å². The topological polar surface area (TPSA) is 127 Å². The van der Waals surface area contributed by atoms with E-state index in [0.29, 0.717) is 6.29 Å². The highest BCUT2D eigenvalue weighted by Crippen LogP contribution is 2.32. The average Bonchev–Trinajstić information content (AvgIpc) is 3.22. The van der Waals surface area contributed by atoms with Gasteiger partial charge in [-0.15, -0.1) is 0 Å². The number of benzene rings is 1. The molecule has 4 atom stereocenters. The molecule has 1 heterocycles. The Morgan fingerprint density at radius 1 is 1.14 bits per heavy atom. The number of carbonyl (C=O) groups excluding carboxylic acids is 3. The molecular formula is C24H33ClN4O5S2. The molecule has 36 heavy (non-hydrogen) atoms. The molecule has 0 aliphatic carbocycles. The van der Waals surface area contributed by atoms with Gasteiger partial charge in [-0.1, -0.05) is 64.3 Å². The minimum Gasteiger partial charge on any atom is -0.355 e. The molecule has 0 aliphatic heterocycles. The van der Waals surface area contributed by atoms with Crippen molar-refractivity contribution in [2.45, 2.75) is 63.1 Å². The van der Waals surface area contributed by atoms with Crippen LogP contribution >= 0.6 is 24.2 Å². The fraction of sp³-hybridized carbons (Fsp3) is 0.500. The second-order valence-corrected chi connectivity index (χ2v) is 11.3. The molecule has 198 valence electrons. The summed E-state index contributed by atoms with van der Waals surface area (Å²) in [5.41, 5.74) is 1.00. The Hall–Kier alpha value is -2.37. The molecule has 2 amide bonds. The van der Waals surface area contributed by atoms with Crippen LogP contribution in [0.2, 0.25) is 5.15 Å². The van der Waals surface area contributed by atoms with Crippen molar-refractivity contribution >= 4 is 52.4 Å². The van der Waals surface area contributed by atoms with Gasteiger partial charge in [0.25, 0.3) is 10.0 Å². The fourth-order valence-corrected chi connectivity index (χ4v) is 5.16. The monoisotopic (exact) mass is 556 g/mol. The zero-order valence-electron chi connectivity index (χ0n) is 20.8. The highest BCUT2D eigenvalue weighted by Gasteiger charge is 2.25. The maximum absolute atomic E-state index is 12.7. The molecule has 0 aliphatic rings. The van der Waals surface area contributed by atoms with Crippen LogP contribution in [0.4, 0.5) is 0 Å². The summed E-state index contributed by atoms with van der Waals surface area (Å²) in [7, 11) is -4.11. The van der Waals surface area contributed by atoms with E-state index in [0.717, 1.165) is 18.4 Å². The van der Waals surface area contributed by atoms with Crippen molar-refractivity contribution in [3.63, 3.8) is 0 Å². The van der Waals surface area contributed by atoms with Crippen LogP contribution in [-0.2, 0) is 19.6 Å². The number of carbonyl (C=O) groups is 3. The zero-order chi connectivity index (χ0) is 27.0. The van der Waals surface area contributed by atoms with Crippen LogP contribution in [0.15, 0.2) is 35.5 Å². The van der Waals surface area contributed by atoms with Crippen LogP contribution < -0.4 is 10.0 Å². The first-order valence-electron chi connectivity index (χ1n) is 11.8. The maximum Gasteiger partial charge on any atom is 0.264 e. The number of nitrogens with zero attached hydrogens (tertiary/aromatic N) is 2. The molecule has 12 heteroatoms. The second-order valence-electron chi connectivity index (χ2n) is 8.75. The number of hydrogen-bond acceptors (Lipinski definition) is 7. The number of thiol groups is 1. The number of amides is 2. The molecular weight excluding hydrogens is 524 g/mol. The van der Waals surface area contributed by atoms with E-state index >= 15 is 0 Å². The van der Waals surface area contributed by atoms with Crippen molar-refractivity contribution in [1.82, 2.24) is 19.6 Å². The predicted molar refractivity (Wildman–Crippen MR) is 142 cm³/mol. The third kappa shape index (κ3) is 7.33. The molecule has 2 N–H and O–H groups in total. The summed E-state index contributed by atoms with van der Waals surface area (Å²) < 4.78 is 29.1. The Bertz CT molecular complexity index is 1170. The first-order chi connectivity index (χ1) is 17.0. The number of imidazole rings is 1. The van der Waals surface area contributed by atoms with E-state index in [4.69, 9.17) is 11.6 Å². The van der Waals surface area contributed by atoms with E-state index in [1.54, 1.807) is 16.7 Å². The van der Waals surface area contributed by atoms with E-state index in [1.807, 2.05) is 32.4 Å². The lowest BCUT2D eigenvalue weighted by atomic mass is 9.92. The summed E-state index contributed by atoms with van der Waals surface area (Å²) in [6.07, 6.45) is 3.51. The summed E-state index contributed by atoms with van der Waals surface area (Å²) in [5, 5.41) is 2.20. The minimum absolute atomic E-state index is 0.00423. The first kappa shape index (κ1) is 29.9. The Morgan fingerprint density at radius 3 is 2.31 bits per heavy atom. The number of hydrogen-bond donors (Lipinski definition) is 3. The molecule has 0 saturated carbocycles. The molecule has 0 fully saturated rings. The molecule has 2 rings (SSSR count). The van der Waals surface area contributed by atoms with E-state index in [1.165, 1.54) is 18.5 Å². The third-order valence-electron chi connectivity index (χ3n) is 6.26. The standard InChI is InChI=1S/C24H33ClN4O5S2/c1-5-15(3)21(29-14-27-23(25)19(29)13-30)17-7-9-18(10-8-17)36(33,34)28-20(31)11-12-26-24(32)22(35)16(4)6-2/h7-10,13-16,21-22,35H,5-6,11-12H2,1-4H3,(H,26,32)(H,28,31). The third-order valence-corrected chi connectivity index (χ3v) is 8.69. The lowest BCUT2D eigenvalue weighted by molar-refractivity contribution is -0.121. The SMILES string of the molecule is CCC(C)C(S)C(=O)NCCC(=O)NS(=O)(=O)c1ccc(C(C(C)CC)n2cnc(Cl)c2C=O)cc1. The predicted octanol–water partition coefficient (Wildman–Crippen LogP) is 3.64. The smallest absolute Gasteiger partial charge is 0.264 e. The lowest BCUT2D eigenvalue weighted by Gasteiger charge is -2.26. The number of nitrogens with one attached hydrogen (secondary N) is 2. The number of sulfonamides is 1. The molecule has 9 nitrogen and oxygen atoms in total. The van der Waals surface area contributed by atoms with Crippen molar-refractivity contribution in [3.05, 3.63) is 47.0 Å². The second kappa shape index (κ2) is 13.3. The van der Waals surface area contributed by atoms with Gasteiger partial charge < -0.3 is 9.88 Å². The first-order valence-corrected chi connectivity index (χ1v) is 14.1. The van der Waals surface area contributed by atoms with E-state index in [9.17, 15) is 22.8 Å². The average molecular weight is 557 g/mol. The summed E-state index contributed by atoms with van der Waals surface area (Å²) in [6, 6.07) is 5.79. The van der Waals surface area contributed by atoms with Crippen molar-refractivity contribution < 1.29 is 22.8 Å². The maximum atomic E-state index is 12.7. The van der Waals surface area contributed by atoms with Crippen molar-refractivity contribution in [2.24, 2.45) is 11.8 Å². The Labute approximate surface area is 222 Å². The van der Waals surface area contributed by atoms with E-state index in [-0.39, 0.29) is 52.5 Å². The fourth-order valence-electron chi connectivity index (χ4n) is 3.65. The summed E-state index contributed by atoms with van der Waals surface area (Å²) in [5.74, 6) is -0.879. The zero-order valence-corrected chi connectivity index (χ0v) is 23.2. The molecule has 2 aromatic rings. The van der Waals surface area contributed by atoms with Gasteiger partial charge in [0.2, 0.25) is 11.8 Å². The van der Waals surface area contributed by atoms with Crippen molar-refractivity contribution in [2.75, 3.05) is 6.54 Å². The summed E-state index contributed by atoms with van der Waals surface area (Å²) in [6.45, 7) is 7.87. The number of aromatic nitrogens is 2. The van der Waals surface area contributed by atoms with Gasteiger partial charge in [-0.25, -0.2) is 18.1 Å². The van der Waals surface area contributed by atoms with E-state index < -0.39 is 21.2 Å². The normalized spacial score (nSPS) is 14.9. The van der Waals surface area contributed by atoms with Gasteiger partial charge in [0.1, 0.15) is 5.69 Å². The van der Waals surface area contributed by atoms with Gasteiger partial charge >= 0.3 is 0 Å². The number of aldehydes is 1. The molecule has 0 radical (unpaired) electrons. The van der Waals surface area contributed by atoms with Crippen molar-refractivity contribution in [3.8, 4) is 0 Å². The molecule has 0 spiro atoms. The van der Waals surface area contributed by atoms with Gasteiger partial charge in [0.05, 0.1) is 22.5 Å². The largest absolute Gasteiger partial charge is 0.355 e. The van der Waals surface area contributed by atoms with Crippen LogP contribution in [0.3, 0.4) is 0 Å². The minimum atomic E-state index is -4.11. The summed E-state index contributed by atoms with van der Waals surface area (Å²) >= 11 is 10.3. The number of rotatable bonds is 13. The van der Waals surface area contributed by atoms with E-state index in [2.05, 4.69) is 22.9 Å². The van der Waals surface area contributed by atoms with Crippen LogP contribution in [-0.4, -0.2) is 47.9 Å². The Balaban J connectivity index is 2.10. The van der Waals surface area contributed by atoms with Gasteiger partial charge in [0, 0.05) is 13.0 Å². The van der Waals surface area contributed by atoms with Gasteiger partial charge in [-0.3, -0.25) is 14.4 Å². The van der Waals surface area contributed by atoms with Gasteiger partial charge in [0.15, 0.2) is 11.4 Å². The summed E-state index contributed by atoms with van der Waals surface area (Å²) in [4.78, 5) is 39.8. The molecule has 1 aromatic carbocycles. The molecule has 1 aromatic heterocycles. The van der Waals surface area contributed by atoms with Crippen LogP contribution in [0, 0.1) is 11.8 Å². The quantitative estimate of drug-likeness (QED) is 0.255. The molecule has 0 saturated heterocycles. The highest BCUT2D eigenvalue weighted by molar-refractivity contribution is 7.90. The Morgan fingerprint density at radius 2 is 1.75 bits per heavy atom. The van der Waals surface area contributed by atoms with Crippen LogP contribution in [0.1, 0.15) is 69.1 Å². The molecule has 4 unspecified atom stereocenters.